The van der Waals surface area contributed by atoms with Crippen LogP contribution in [0.5, 0.6) is 0 Å². The third kappa shape index (κ3) is 8.78. The Morgan fingerprint density at radius 2 is 1.46 bits per heavy atom. The summed E-state index contributed by atoms with van der Waals surface area (Å²) in [5.41, 5.74) is 2.72. The number of benzene rings is 4. The Hall–Kier alpha value is -3.85. The molecular weight excluding hydrogens is 665 g/mol. The van der Waals surface area contributed by atoms with E-state index in [1.165, 1.54) is 21.3 Å². The molecule has 1 atom stereocenters. The predicted octanol–water partition coefficient (Wildman–Crippen LogP) is 7.84. The average Bonchev–Trinajstić information content (AvgIpc) is 3.11. The van der Waals surface area contributed by atoms with E-state index in [4.69, 9.17) is 23.2 Å². The molecule has 4 aromatic rings. The van der Waals surface area contributed by atoms with Crippen molar-refractivity contribution in [2.24, 2.45) is 0 Å². The molecule has 1 fully saturated rings. The SMILES string of the molecule is CCc1ccccc1N(CC(=O)N(Cc1ccc(Cl)c(Cl)c1)C(Cc1ccccc1)C(=O)NC1CCCCC1)S(=O)(=O)c1ccccc1. The van der Waals surface area contributed by atoms with Gasteiger partial charge in [-0.05, 0) is 66.3 Å². The van der Waals surface area contributed by atoms with Gasteiger partial charge in [-0.15, -0.1) is 0 Å². The fraction of sp³-hybridized carbons (Fsp3) is 0.316. The minimum Gasteiger partial charge on any atom is -0.352 e. The van der Waals surface area contributed by atoms with Crippen LogP contribution in [-0.4, -0.2) is 43.8 Å². The third-order valence-corrected chi connectivity index (χ3v) is 11.3. The number of halogens is 2. The van der Waals surface area contributed by atoms with E-state index in [-0.39, 0.29) is 29.8 Å². The number of carbonyl (C=O) groups is 2. The van der Waals surface area contributed by atoms with Crippen LogP contribution in [0.25, 0.3) is 0 Å². The van der Waals surface area contributed by atoms with Gasteiger partial charge in [-0.2, -0.15) is 0 Å². The summed E-state index contributed by atoms with van der Waals surface area (Å²) >= 11 is 12.6. The van der Waals surface area contributed by atoms with Crippen LogP contribution < -0.4 is 9.62 Å². The molecule has 1 unspecified atom stereocenters. The number of sulfonamides is 1. The Morgan fingerprint density at radius 3 is 2.12 bits per heavy atom. The van der Waals surface area contributed by atoms with E-state index in [0.29, 0.717) is 27.7 Å². The van der Waals surface area contributed by atoms with Crippen LogP contribution in [0.15, 0.2) is 108 Å². The number of nitrogens with one attached hydrogen (secondary N) is 1. The van der Waals surface area contributed by atoms with Crippen molar-refractivity contribution in [2.45, 2.75) is 75.4 Å². The van der Waals surface area contributed by atoms with E-state index < -0.39 is 28.5 Å². The number of hydrogen-bond acceptors (Lipinski definition) is 4. The minimum absolute atomic E-state index is 0.0119. The van der Waals surface area contributed by atoms with Gasteiger partial charge in [-0.25, -0.2) is 8.42 Å². The van der Waals surface area contributed by atoms with Crippen molar-refractivity contribution in [1.82, 2.24) is 10.2 Å². The summed E-state index contributed by atoms with van der Waals surface area (Å²) < 4.78 is 29.8. The smallest absolute Gasteiger partial charge is 0.264 e. The first kappa shape index (κ1) is 35.5. The molecule has 1 saturated carbocycles. The van der Waals surface area contributed by atoms with Gasteiger partial charge in [0.05, 0.1) is 20.6 Å². The molecule has 1 N–H and O–H groups in total. The maximum Gasteiger partial charge on any atom is 0.264 e. The molecule has 0 heterocycles. The Kier molecular flexibility index (Phi) is 12.2. The first-order chi connectivity index (χ1) is 23.2. The number of anilines is 1. The largest absolute Gasteiger partial charge is 0.352 e. The second-order valence-corrected chi connectivity index (χ2v) is 14.8. The normalized spacial score (nSPS) is 14.2. The highest BCUT2D eigenvalue weighted by Gasteiger charge is 2.36. The topological polar surface area (TPSA) is 86.8 Å². The lowest BCUT2D eigenvalue weighted by Crippen LogP contribution is -2.55. The summed E-state index contributed by atoms with van der Waals surface area (Å²) in [5, 5.41) is 3.91. The maximum absolute atomic E-state index is 14.8. The number of hydrogen-bond donors (Lipinski definition) is 1. The molecule has 0 spiro atoms. The summed E-state index contributed by atoms with van der Waals surface area (Å²) in [5.74, 6) is -0.795. The summed E-state index contributed by atoms with van der Waals surface area (Å²) in [6.07, 6.45) is 5.74. The zero-order valence-electron chi connectivity index (χ0n) is 27.0. The zero-order chi connectivity index (χ0) is 34.1. The Balaban J connectivity index is 1.59. The van der Waals surface area contributed by atoms with Gasteiger partial charge in [0.1, 0.15) is 12.6 Å². The molecule has 0 bridgehead atoms. The van der Waals surface area contributed by atoms with Crippen molar-refractivity contribution in [1.29, 1.82) is 0 Å². The fourth-order valence-corrected chi connectivity index (χ4v) is 8.01. The van der Waals surface area contributed by atoms with Gasteiger partial charge in [0.25, 0.3) is 10.0 Å². The number of aryl methyl sites for hydroxylation is 1. The predicted molar refractivity (Wildman–Crippen MR) is 193 cm³/mol. The molecule has 0 aliphatic heterocycles. The molecular formula is C38H41Cl2N3O4S. The maximum atomic E-state index is 14.8. The van der Waals surface area contributed by atoms with Gasteiger partial charge in [-0.3, -0.25) is 13.9 Å². The fourth-order valence-electron chi connectivity index (χ4n) is 6.22. The van der Waals surface area contributed by atoms with Gasteiger partial charge in [0.15, 0.2) is 0 Å². The number of nitrogens with zero attached hydrogens (tertiary/aromatic N) is 2. The Morgan fingerprint density at radius 1 is 0.812 bits per heavy atom. The standard InChI is InChI=1S/C38H41Cl2N3O4S/c1-2-30-16-12-13-21-35(30)43(48(46,47)32-19-10-5-11-20-32)27-37(44)42(26-29-22-23-33(39)34(40)24-29)36(25-28-14-6-3-7-15-28)38(45)41-31-17-8-4-9-18-31/h3,5-7,10-16,19-24,31,36H,2,4,8-9,17-18,25-27H2,1H3,(H,41,45). The van der Waals surface area contributed by atoms with Crippen molar-refractivity contribution >= 4 is 50.7 Å². The van der Waals surface area contributed by atoms with Crippen LogP contribution in [0.3, 0.4) is 0 Å². The Labute approximate surface area is 293 Å². The van der Waals surface area contributed by atoms with E-state index in [2.05, 4.69) is 5.32 Å². The van der Waals surface area contributed by atoms with Crippen LogP contribution in [0.1, 0.15) is 55.7 Å². The van der Waals surface area contributed by atoms with Crippen LogP contribution in [0.2, 0.25) is 10.0 Å². The third-order valence-electron chi connectivity index (χ3n) is 8.81. The molecule has 1 aliphatic rings. The first-order valence-electron chi connectivity index (χ1n) is 16.4. The molecule has 5 rings (SSSR count). The average molecular weight is 707 g/mol. The molecule has 2 amide bonds. The molecule has 48 heavy (non-hydrogen) atoms. The lowest BCUT2D eigenvalue weighted by molar-refractivity contribution is -0.140. The van der Waals surface area contributed by atoms with E-state index in [9.17, 15) is 18.0 Å². The van der Waals surface area contributed by atoms with Gasteiger partial charge < -0.3 is 10.2 Å². The van der Waals surface area contributed by atoms with Crippen LogP contribution in [0.4, 0.5) is 5.69 Å². The zero-order valence-corrected chi connectivity index (χ0v) is 29.4. The number of amides is 2. The lowest BCUT2D eigenvalue weighted by atomic mass is 9.94. The summed E-state index contributed by atoms with van der Waals surface area (Å²) in [7, 11) is -4.18. The molecule has 1 aliphatic carbocycles. The van der Waals surface area contributed by atoms with Gasteiger partial charge in [0.2, 0.25) is 11.8 Å². The van der Waals surface area contributed by atoms with Gasteiger partial charge in [-0.1, -0.05) is 122 Å². The molecule has 4 aromatic carbocycles. The van der Waals surface area contributed by atoms with Crippen LogP contribution in [-0.2, 0) is 39.0 Å². The quantitative estimate of drug-likeness (QED) is 0.154. The summed E-state index contributed by atoms with van der Waals surface area (Å²) in [4.78, 5) is 30.6. The molecule has 0 saturated heterocycles. The van der Waals surface area contributed by atoms with E-state index in [0.717, 1.165) is 43.2 Å². The number of carbonyl (C=O) groups excluding carboxylic acids is 2. The summed E-state index contributed by atoms with van der Waals surface area (Å²) in [6.45, 7) is 1.44. The highest BCUT2D eigenvalue weighted by atomic mass is 35.5. The molecule has 0 radical (unpaired) electrons. The van der Waals surface area contributed by atoms with Crippen molar-refractivity contribution in [3.8, 4) is 0 Å². The van der Waals surface area contributed by atoms with Gasteiger partial charge >= 0.3 is 0 Å². The Bertz CT molecular complexity index is 1800. The molecule has 7 nitrogen and oxygen atoms in total. The lowest BCUT2D eigenvalue weighted by Gasteiger charge is -2.35. The highest BCUT2D eigenvalue weighted by molar-refractivity contribution is 7.92. The molecule has 252 valence electrons. The monoisotopic (exact) mass is 705 g/mol. The van der Waals surface area contributed by atoms with Crippen molar-refractivity contribution in [3.63, 3.8) is 0 Å². The second kappa shape index (κ2) is 16.5. The first-order valence-corrected chi connectivity index (χ1v) is 18.6. The number of rotatable bonds is 13. The number of para-hydroxylation sites is 1. The van der Waals surface area contributed by atoms with Crippen molar-refractivity contribution in [3.05, 3.63) is 130 Å². The van der Waals surface area contributed by atoms with Crippen LogP contribution in [0, 0.1) is 0 Å². The summed E-state index contributed by atoms with van der Waals surface area (Å²) in [6, 6.07) is 29.0. The molecule has 0 aromatic heterocycles. The van der Waals surface area contributed by atoms with Crippen LogP contribution >= 0.6 is 23.2 Å². The highest BCUT2D eigenvalue weighted by Crippen LogP contribution is 2.29. The van der Waals surface area contributed by atoms with Crippen molar-refractivity contribution < 1.29 is 18.0 Å². The minimum atomic E-state index is -4.18. The van der Waals surface area contributed by atoms with E-state index >= 15 is 0 Å². The van der Waals surface area contributed by atoms with Gasteiger partial charge in [0, 0.05) is 19.0 Å². The molecule has 10 heteroatoms. The van der Waals surface area contributed by atoms with Crippen molar-refractivity contribution in [2.75, 3.05) is 10.8 Å². The second-order valence-electron chi connectivity index (χ2n) is 12.1. The van der Waals surface area contributed by atoms with E-state index in [1.54, 1.807) is 48.5 Å². The van der Waals surface area contributed by atoms with E-state index in [1.807, 2.05) is 49.4 Å².